The molecule has 0 radical (unpaired) electrons. The van der Waals surface area contributed by atoms with E-state index in [1.54, 1.807) is 0 Å². The summed E-state index contributed by atoms with van der Waals surface area (Å²) >= 11 is 0. The Balaban J connectivity index is 2.30. The van der Waals surface area contributed by atoms with Gasteiger partial charge in [0.05, 0.1) is 16.7 Å². The van der Waals surface area contributed by atoms with E-state index in [1.807, 2.05) is 0 Å². The molecule has 0 bridgehead atoms. The lowest BCUT2D eigenvalue weighted by Crippen LogP contribution is -2.45. The molecule has 0 heterocycles. The minimum absolute atomic E-state index is 0.0709. The smallest absolute Gasteiger partial charge is 0.270 e. The third-order valence-electron chi connectivity index (χ3n) is 3.53. The highest BCUT2D eigenvalue weighted by Gasteiger charge is 2.29. The SMILES string of the molecule is Nc1ccc([N+](=O)[O-])cc1S(=O)(=O)NC1CCCCC1O. The number of anilines is 1. The molecule has 1 aliphatic rings. The van der Waals surface area contributed by atoms with Crippen LogP contribution in [0.25, 0.3) is 0 Å². The van der Waals surface area contributed by atoms with Crippen molar-refractivity contribution in [1.29, 1.82) is 0 Å². The van der Waals surface area contributed by atoms with Crippen molar-refractivity contribution in [2.75, 3.05) is 5.73 Å². The molecule has 2 rings (SSSR count). The molecule has 1 aromatic rings. The summed E-state index contributed by atoms with van der Waals surface area (Å²) in [6.07, 6.45) is 1.95. The van der Waals surface area contributed by atoms with Crippen LogP contribution in [0.3, 0.4) is 0 Å². The van der Waals surface area contributed by atoms with E-state index < -0.39 is 27.1 Å². The van der Waals surface area contributed by atoms with Gasteiger partial charge in [-0.3, -0.25) is 10.1 Å². The summed E-state index contributed by atoms with van der Waals surface area (Å²) < 4.78 is 27.0. The van der Waals surface area contributed by atoms with Gasteiger partial charge in [-0.1, -0.05) is 12.8 Å². The van der Waals surface area contributed by atoms with E-state index in [1.165, 1.54) is 6.07 Å². The monoisotopic (exact) mass is 315 g/mol. The lowest BCUT2D eigenvalue weighted by molar-refractivity contribution is -0.385. The van der Waals surface area contributed by atoms with Crippen molar-refractivity contribution in [3.05, 3.63) is 28.3 Å². The number of sulfonamides is 1. The molecule has 2 unspecified atom stereocenters. The Hall–Kier alpha value is -1.71. The maximum absolute atomic E-state index is 12.3. The summed E-state index contributed by atoms with van der Waals surface area (Å²) in [5, 5.41) is 20.6. The van der Waals surface area contributed by atoms with Gasteiger partial charge in [0.2, 0.25) is 10.0 Å². The molecule has 4 N–H and O–H groups in total. The number of nitro groups is 1. The van der Waals surface area contributed by atoms with Crippen LogP contribution in [0.5, 0.6) is 0 Å². The molecule has 1 aliphatic carbocycles. The van der Waals surface area contributed by atoms with Crippen LogP contribution in [-0.4, -0.2) is 30.6 Å². The predicted octanol–water partition coefficient (Wildman–Crippen LogP) is 0.759. The molecular weight excluding hydrogens is 298 g/mol. The van der Waals surface area contributed by atoms with Crippen LogP contribution in [-0.2, 0) is 10.0 Å². The fourth-order valence-corrected chi connectivity index (χ4v) is 3.84. The number of nitrogens with one attached hydrogen (secondary N) is 1. The molecule has 0 spiro atoms. The highest BCUT2D eigenvalue weighted by molar-refractivity contribution is 7.89. The van der Waals surface area contributed by atoms with Gasteiger partial charge in [-0.2, -0.15) is 0 Å². The van der Waals surface area contributed by atoms with Crippen molar-refractivity contribution < 1.29 is 18.4 Å². The van der Waals surface area contributed by atoms with Gasteiger partial charge < -0.3 is 10.8 Å². The van der Waals surface area contributed by atoms with Crippen LogP contribution in [0, 0.1) is 10.1 Å². The normalized spacial score (nSPS) is 22.9. The maximum Gasteiger partial charge on any atom is 0.270 e. The standard InChI is InChI=1S/C12H17N3O5S/c13-9-6-5-8(15(17)18)7-12(9)21(19,20)14-10-3-1-2-4-11(10)16/h5-7,10-11,14,16H,1-4,13H2. The number of nitro benzene ring substituents is 1. The fraction of sp³-hybridized carbons (Fsp3) is 0.500. The molecule has 0 aliphatic heterocycles. The van der Waals surface area contributed by atoms with Gasteiger partial charge in [-0.05, 0) is 18.9 Å². The summed E-state index contributed by atoms with van der Waals surface area (Å²) in [6, 6.07) is 2.66. The number of aliphatic hydroxyl groups excluding tert-OH is 1. The number of nitrogens with two attached hydrogens (primary N) is 1. The van der Waals surface area contributed by atoms with Crippen LogP contribution >= 0.6 is 0 Å². The molecular formula is C12H17N3O5S. The number of aliphatic hydroxyl groups is 1. The van der Waals surface area contributed by atoms with Crippen molar-refractivity contribution in [3.8, 4) is 0 Å². The largest absolute Gasteiger partial charge is 0.398 e. The second-order valence-corrected chi connectivity index (χ2v) is 6.74. The quantitative estimate of drug-likeness (QED) is 0.426. The second kappa shape index (κ2) is 5.96. The lowest BCUT2D eigenvalue weighted by Gasteiger charge is -2.28. The molecule has 1 aromatic carbocycles. The first kappa shape index (κ1) is 15.7. The second-order valence-electron chi connectivity index (χ2n) is 5.06. The molecule has 8 nitrogen and oxygen atoms in total. The van der Waals surface area contributed by atoms with E-state index in [0.717, 1.165) is 25.0 Å². The number of nitrogens with zero attached hydrogens (tertiary/aromatic N) is 1. The van der Waals surface area contributed by atoms with Gasteiger partial charge in [-0.15, -0.1) is 0 Å². The minimum atomic E-state index is -4.02. The van der Waals surface area contributed by atoms with Crippen LogP contribution < -0.4 is 10.5 Å². The summed E-state index contributed by atoms with van der Waals surface area (Å²) in [7, 11) is -4.02. The lowest BCUT2D eigenvalue weighted by atomic mass is 9.93. The number of non-ortho nitro benzene ring substituents is 1. The third kappa shape index (κ3) is 3.49. The van der Waals surface area contributed by atoms with Gasteiger partial charge in [0, 0.05) is 18.2 Å². The average Bonchev–Trinajstić information content (AvgIpc) is 2.41. The Labute approximate surface area is 122 Å². The van der Waals surface area contributed by atoms with E-state index in [2.05, 4.69) is 4.72 Å². The van der Waals surface area contributed by atoms with Crippen LogP contribution in [0.1, 0.15) is 25.7 Å². The van der Waals surface area contributed by atoms with Gasteiger partial charge in [0.15, 0.2) is 0 Å². The maximum atomic E-state index is 12.3. The van der Waals surface area contributed by atoms with E-state index >= 15 is 0 Å². The first-order valence-corrected chi connectivity index (χ1v) is 8.04. The Morgan fingerprint density at radius 3 is 2.62 bits per heavy atom. The zero-order chi connectivity index (χ0) is 15.6. The summed E-state index contributed by atoms with van der Waals surface area (Å²) in [6.45, 7) is 0. The number of benzene rings is 1. The number of hydrogen-bond acceptors (Lipinski definition) is 6. The molecule has 21 heavy (non-hydrogen) atoms. The third-order valence-corrected chi connectivity index (χ3v) is 5.08. The van der Waals surface area contributed by atoms with Crippen molar-refractivity contribution >= 4 is 21.4 Å². The van der Waals surface area contributed by atoms with Gasteiger partial charge in [0.25, 0.3) is 5.69 Å². The topological polar surface area (TPSA) is 136 Å². The van der Waals surface area contributed by atoms with Crippen LogP contribution in [0.2, 0.25) is 0 Å². The van der Waals surface area contributed by atoms with Crippen molar-refractivity contribution in [3.63, 3.8) is 0 Å². The zero-order valence-electron chi connectivity index (χ0n) is 11.2. The van der Waals surface area contributed by atoms with Crippen LogP contribution in [0.15, 0.2) is 23.1 Å². The van der Waals surface area contributed by atoms with Crippen molar-refractivity contribution in [2.45, 2.75) is 42.7 Å². The molecule has 0 amide bonds. The highest BCUT2D eigenvalue weighted by atomic mass is 32.2. The van der Waals surface area contributed by atoms with E-state index in [0.29, 0.717) is 12.8 Å². The number of rotatable bonds is 4. The van der Waals surface area contributed by atoms with Gasteiger partial charge in [-0.25, -0.2) is 13.1 Å². The summed E-state index contributed by atoms with van der Waals surface area (Å²) in [4.78, 5) is 9.72. The van der Waals surface area contributed by atoms with E-state index in [-0.39, 0.29) is 16.3 Å². The summed E-state index contributed by atoms with van der Waals surface area (Å²) in [5.74, 6) is 0. The Morgan fingerprint density at radius 2 is 2.00 bits per heavy atom. The minimum Gasteiger partial charge on any atom is -0.398 e. The van der Waals surface area contributed by atoms with E-state index in [4.69, 9.17) is 5.73 Å². The molecule has 1 fully saturated rings. The molecule has 9 heteroatoms. The highest BCUT2D eigenvalue weighted by Crippen LogP contribution is 2.26. The zero-order valence-corrected chi connectivity index (χ0v) is 12.0. The average molecular weight is 315 g/mol. The van der Waals surface area contributed by atoms with Crippen LogP contribution in [0.4, 0.5) is 11.4 Å². The van der Waals surface area contributed by atoms with Crippen molar-refractivity contribution in [1.82, 2.24) is 4.72 Å². The summed E-state index contributed by atoms with van der Waals surface area (Å²) in [5.41, 5.74) is 5.19. The Kier molecular flexibility index (Phi) is 4.45. The fourth-order valence-electron chi connectivity index (χ4n) is 2.38. The molecule has 116 valence electrons. The molecule has 0 saturated heterocycles. The molecule has 2 atom stereocenters. The number of nitrogen functional groups attached to an aromatic ring is 1. The molecule has 1 saturated carbocycles. The Morgan fingerprint density at radius 1 is 1.33 bits per heavy atom. The number of hydrogen-bond donors (Lipinski definition) is 3. The first-order chi connectivity index (χ1) is 9.81. The first-order valence-electron chi connectivity index (χ1n) is 6.55. The Bertz CT molecular complexity index is 646. The van der Waals surface area contributed by atoms with E-state index in [9.17, 15) is 23.6 Å². The predicted molar refractivity (Wildman–Crippen MR) is 76.1 cm³/mol. The van der Waals surface area contributed by atoms with Crippen molar-refractivity contribution in [2.24, 2.45) is 0 Å². The van der Waals surface area contributed by atoms with Gasteiger partial charge >= 0.3 is 0 Å². The van der Waals surface area contributed by atoms with Gasteiger partial charge in [0.1, 0.15) is 4.90 Å². The molecule has 0 aromatic heterocycles.